The number of alkyl halides is 6. The van der Waals surface area contributed by atoms with Crippen LogP contribution in [0.5, 0.6) is 0 Å². The molecule has 2 aliphatic rings. The number of nitrogens with one attached hydrogen (secondary N) is 3. The van der Waals surface area contributed by atoms with E-state index < -0.39 is 45.7 Å². The van der Waals surface area contributed by atoms with E-state index in [9.17, 15) is 34.8 Å². The van der Waals surface area contributed by atoms with Gasteiger partial charge in [0, 0.05) is 12.5 Å². The standard InChI is InChI=1S/C22H20F6N6O2S/c23-21(24,25)11-31-19-18-17(6-5-15(32-18)4-3-12-1-2-12)33-20(34-19)30-10-13-7-14(22(26,27)28)9-16(8-13)37(29,35)36/h5-9,12,20,30,33H,1-2,10-11H2,(H,31,34)(H2,29,35,36). The van der Waals surface area contributed by atoms with Crippen LogP contribution in [-0.2, 0) is 22.7 Å². The van der Waals surface area contributed by atoms with Crippen molar-refractivity contribution in [1.82, 2.24) is 15.6 Å². The molecule has 15 heteroatoms. The number of amidine groups is 1. The molecule has 1 aliphatic heterocycles. The lowest BCUT2D eigenvalue weighted by molar-refractivity contribution is -0.137. The van der Waals surface area contributed by atoms with Crippen LogP contribution < -0.4 is 21.1 Å². The Hall–Kier alpha value is -3.35. The van der Waals surface area contributed by atoms with E-state index in [0.29, 0.717) is 17.4 Å². The number of aliphatic imine (C=N–C) groups is 1. The van der Waals surface area contributed by atoms with E-state index >= 15 is 0 Å². The number of fused-ring (bicyclic) bond motifs is 1. The molecule has 2 aromatic rings. The maximum atomic E-state index is 13.3. The predicted octanol–water partition coefficient (Wildman–Crippen LogP) is 2.91. The average Bonchev–Trinajstić information content (AvgIpc) is 3.62. The Kier molecular flexibility index (Phi) is 7.10. The Bertz CT molecular complexity index is 1390. The minimum absolute atomic E-state index is 0.0779. The van der Waals surface area contributed by atoms with E-state index in [1.54, 1.807) is 12.1 Å². The molecule has 8 nitrogen and oxygen atoms in total. The Morgan fingerprint density at radius 1 is 1.11 bits per heavy atom. The van der Waals surface area contributed by atoms with Crippen molar-refractivity contribution in [1.29, 1.82) is 0 Å². The minimum Gasteiger partial charge on any atom is -0.351 e. The largest absolute Gasteiger partial charge is 0.416 e. The van der Waals surface area contributed by atoms with Crippen LogP contribution >= 0.6 is 0 Å². The summed E-state index contributed by atoms with van der Waals surface area (Å²) in [5.41, 5.74) is -0.545. The average molecular weight is 546 g/mol. The second kappa shape index (κ2) is 9.84. The predicted molar refractivity (Wildman–Crippen MR) is 122 cm³/mol. The first-order chi connectivity index (χ1) is 17.2. The monoisotopic (exact) mass is 546 g/mol. The number of primary sulfonamides is 1. The van der Waals surface area contributed by atoms with Gasteiger partial charge >= 0.3 is 12.4 Å². The number of sulfonamides is 1. The molecule has 0 saturated heterocycles. The molecule has 1 atom stereocenters. The van der Waals surface area contributed by atoms with Crippen LogP contribution in [0, 0.1) is 17.8 Å². The maximum absolute atomic E-state index is 13.3. The van der Waals surface area contributed by atoms with Crippen molar-refractivity contribution in [3.05, 3.63) is 52.8 Å². The molecular weight excluding hydrogens is 526 g/mol. The fraction of sp³-hybridized carbons (Fsp3) is 0.364. The van der Waals surface area contributed by atoms with Gasteiger partial charge in [0.25, 0.3) is 0 Å². The molecular formula is C22H20F6N6O2S. The molecule has 1 aliphatic carbocycles. The normalized spacial score (nSPS) is 18.9. The molecule has 1 aromatic heterocycles. The summed E-state index contributed by atoms with van der Waals surface area (Å²) in [6, 6.07) is 5.27. The van der Waals surface area contributed by atoms with Crippen LogP contribution in [0.1, 0.15) is 35.4 Å². The zero-order chi connectivity index (χ0) is 27.0. The molecule has 0 spiro atoms. The lowest BCUT2D eigenvalue weighted by atomic mass is 10.1. The highest BCUT2D eigenvalue weighted by Gasteiger charge is 2.33. The van der Waals surface area contributed by atoms with Crippen LogP contribution in [0.3, 0.4) is 0 Å². The van der Waals surface area contributed by atoms with Gasteiger partial charge in [-0.2, -0.15) is 26.3 Å². The first-order valence-electron chi connectivity index (χ1n) is 10.8. The summed E-state index contributed by atoms with van der Waals surface area (Å²) >= 11 is 0. The summed E-state index contributed by atoms with van der Waals surface area (Å²) in [6.07, 6.45) is -8.45. The van der Waals surface area contributed by atoms with Crippen LogP contribution in [0.4, 0.5) is 32.0 Å². The van der Waals surface area contributed by atoms with E-state index in [-0.39, 0.29) is 29.6 Å². The summed E-state index contributed by atoms with van der Waals surface area (Å²) < 4.78 is 102. The van der Waals surface area contributed by atoms with Crippen LogP contribution in [0.2, 0.25) is 0 Å². The van der Waals surface area contributed by atoms with Crippen LogP contribution in [0.25, 0.3) is 0 Å². The molecule has 1 fully saturated rings. The highest BCUT2D eigenvalue weighted by molar-refractivity contribution is 7.89. The molecule has 198 valence electrons. The second-order valence-electron chi connectivity index (χ2n) is 8.43. The number of benzene rings is 1. The molecule has 0 amide bonds. The third-order valence-electron chi connectivity index (χ3n) is 5.23. The molecule has 1 aromatic carbocycles. The van der Waals surface area contributed by atoms with Crippen molar-refractivity contribution < 1.29 is 34.8 Å². The zero-order valence-electron chi connectivity index (χ0n) is 18.8. The fourth-order valence-electron chi connectivity index (χ4n) is 3.33. The molecule has 37 heavy (non-hydrogen) atoms. The van der Waals surface area contributed by atoms with Gasteiger partial charge in [0.15, 0.2) is 12.1 Å². The number of aromatic nitrogens is 1. The summed E-state index contributed by atoms with van der Waals surface area (Å²) in [6.45, 7) is -1.80. The van der Waals surface area contributed by atoms with Crippen molar-refractivity contribution in [2.75, 3.05) is 11.9 Å². The van der Waals surface area contributed by atoms with Gasteiger partial charge in [-0.1, -0.05) is 5.92 Å². The topological polar surface area (TPSA) is 122 Å². The summed E-state index contributed by atoms with van der Waals surface area (Å²) in [7, 11) is -4.44. The van der Waals surface area contributed by atoms with Crippen molar-refractivity contribution in [3.63, 3.8) is 0 Å². The number of hydrogen-bond acceptors (Lipinski definition) is 6. The number of rotatable bonds is 5. The minimum atomic E-state index is -4.83. The number of anilines is 1. The van der Waals surface area contributed by atoms with Gasteiger partial charge < -0.3 is 10.6 Å². The number of pyridine rings is 1. The summed E-state index contributed by atoms with van der Waals surface area (Å²) in [5.74, 6) is 5.98. The Labute approximate surface area is 207 Å². The number of halogens is 6. The highest BCUT2D eigenvalue weighted by atomic mass is 32.2. The third-order valence-corrected chi connectivity index (χ3v) is 6.12. The van der Waals surface area contributed by atoms with Crippen molar-refractivity contribution in [3.8, 4) is 11.8 Å². The Morgan fingerprint density at radius 3 is 2.46 bits per heavy atom. The van der Waals surface area contributed by atoms with E-state index in [1.165, 1.54) is 0 Å². The van der Waals surface area contributed by atoms with E-state index in [0.717, 1.165) is 25.0 Å². The van der Waals surface area contributed by atoms with E-state index in [2.05, 4.69) is 37.8 Å². The quantitative estimate of drug-likeness (QED) is 0.338. The first-order valence-corrected chi connectivity index (χ1v) is 12.4. The molecule has 0 radical (unpaired) electrons. The molecule has 1 unspecified atom stereocenters. The van der Waals surface area contributed by atoms with Gasteiger partial charge in [-0.3, -0.25) is 10.3 Å². The van der Waals surface area contributed by atoms with Gasteiger partial charge in [0.1, 0.15) is 17.9 Å². The Morgan fingerprint density at radius 2 is 1.84 bits per heavy atom. The number of hydrogen-bond donors (Lipinski definition) is 4. The highest BCUT2D eigenvalue weighted by Crippen LogP contribution is 2.32. The van der Waals surface area contributed by atoms with E-state index in [4.69, 9.17) is 5.14 Å². The molecule has 5 N–H and O–H groups in total. The number of nitrogens with two attached hydrogens (primary N) is 1. The van der Waals surface area contributed by atoms with Gasteiger partial charge in [-0.25, -0.2) is 18.5 Å². The van der Waals surface area contributed by atoms with Gasteiger partial charge in [0.05, 0.1) is 16.1 Å². The lowest BCUT2D eigenvalue weighted by Gasteiger charge is -2.30. The zero-order valence-corrected chi connectivity index (χ0v) is 19.7. The van der Waals surface area contributed by atoms with Crippen molar-refractivity contribution in [2.24, 2.45) is 16.0 Å². The van der Waals surface area contributed by atoms with Crippen LogP contribution in [0.15, 0.2) is 40.2 Å². The fourth-order valence-corrected chi connectivity index (χ4v) is 3.93. The van der Waals surface area contributed by atoms with Crippen molar-refractivity contribution in [2.45, 2.75) is 42.9 Å². The molecule has 0 bridgehead atoms. The smallest absolute Gasteiger partial charge is 0.351 e. The SMILES string of the molecule is NS(=O)(=O)c1cc(CNC2NC(=NCC(F)(F)F)c3nc(C#CC4CC4)ccc3N2)cc(C(F)(F)F)c1. The molecule has 2 heterocycles. The lowest BCUT2D eigenvalue weighted by Crippen LogP contribution is -2.54. The summed E-state index contributed by atoms with van der Waals surface area (Å²) in [5, 5.41) is 13.4. The molecule has 1 saturated carbocycles. The van der Waals surface area contributed by atoms with Crippen molar-refractivity contribution >= 4 is 21.5 Å². The molecule has 4 rings (SSSR count). The third kappa shape index (κ3) is 7.34. The van der Waals surface area contributed by atoms with Gasteiger partial charge in [0.2, 0.25) is 10.0 Å². The van der Waals surface area contributed by atoms with Gasteiger partial charge in [-0.15, -0.1) is 0 Å². The Balaban J connectivity index is 1.59. The number of nitrogens with zero attached hydrogens (tertiary/aromatic N) is 2. The maximum Gasteiger partial charge on any atom is 0.416 e. The van der Waals surface area contributed by atoms with E-state index in [1.807, 2.05) is 0 Å². The first kappa shape index (κ1) is 26.7. The second-order valence-corrected chi connectivity index (χ2v) is 9.99. The van der Waals surface area contributed by atoms with Crippen LogP contribution in [-0.4, -0.2) is 38.2 Å². The summed E-state index contributed by atoms with van der Waals surface area (Å²) in [4.78, 5) is 7.15. The van der Waals surface area contributed by atoms with Gasteiger partial charge in [-0.05, 0) is 54.7 Å².